The summed E-state index contributed by atoms with van der Waals surface area (Å²) in [5.74, 6) is 2.50. The van der Waals surface area contributed by atoms with Gasteiger partial charge in [0.25, 0.3) is 0 Å². The van der Waals surface area contributed by atoms with Gasteiger partial charge in [-0.2, -0.15) is 9.97 Å². The maximum absolute atomic E-state index is 5.47. The Bertz CT molecular complexity index is 611. The normalized spacial score (nSPS) is 20.6. The topological polar surface area (TPSA) is 90.3 Å². The van der Waals surface area contributed by atoms with E-state index in [2.05, 4.69) is 25.2 Å². The van der Waals surface area contributed by atoms with Crippen LogP contribution >= 0.6 is 0 Å². The van der Waals surface area contributed by atoms with Crippen molar-refractivity contribution in [3.05, 3.63) is 23.4 Å². The minimum Gasteiger partial charge on any atom is -0.371 e. The van der Waals surface area contributed by atoms with Gasteiger partial charge in [-0.25, -0.2) is 0 Å². The fourth-order valence-corrected chi connectivity index (χ4v) is 2.75. The third kappa shape index (κ3) is 3.17. The minimum atomic E-state index is -0.156. The molecule has 1 aliphatic rings. The van der Waals surface area contributed by atoms with Crippen molar-refractivity contribution in [2.24, 2.45) is 0 Å². The lowest BCUT2D eigenvalue weighted by atomic mass is 10.2. The van der Waals surface area contributed by atoms with Gasteiger partial charge in [0.2, 0.25) is 11.8 Å². The van der Waals surface area contributed by atoms with E-state index in [1.54, 1.807) is 6.92 Å². The second-order valence-electron chi connectivity index (χ2n) is 5.44. The van der Waals surface area contributed by atoms with Crippen LogP contribution in [0.15, 0.2) is 9.05 Å². The third-order valence-electron chi connectivity index (χ3n) is 3.81. The summed E-state index contributed by atoms with van der Waals surface area (Å²) >= 11 is 0. The summed E-state index contributed by atoms with van der Waals surface area (Å²) in [6.45, 7) is 7.82. The van der Waals surface area contributed by atoms with Crippen molar-refractivity contribution in [1.29, 1.82) is 0 Å². The highest BCUT2D eigenvalue weighted by Crippen LogP contribution is 2.31. The molecule has 0 saturated carbocycles. The van der Waals surface area contributed by atoms with E-state index in [1.165, 1.54) is 0 Å². The van der Waals surface area contributed by atoms with Crippen LogP contribution in [0.1, 0.15) is 62.3 Å². The Labute approximate surface area is 128 Å². The molecule has 1 saturated heterocycles. The smallest absolute Gasteiger partial charge is 0.240 e. The zero-order chi connectivity index (χ0) is 15.5. The molecule has 0 aliphatic carbocycles. The Balaban J connectivity index is 1.67. The predicted molar refractivity (Wildman–Crippen MR) is 75.8 cm³/mol. The summed E-state index contributed by atoms with van der Waals surface area (Å²) in [4.78, 5) is 11.0. The van der Waals surface area contributed by atoms with Crippen molar-refractivity contribution in [2.45, 2.75) is 52.3 Å². The minimum absolute atomic E-state index is 0.150. The van der Waals surface area contributed by atoms with Crippen molar-refractivity contribution in [3.63, 3.8) is 0 Å². The molecular weight excluding hydrogens is 286 g/mol. The number of aromatic nitrogens is 4. The highest BCUT2D eigenvalue weighted by Gasteiger charge is 2.31. The van der Waals surface area contributed by atoms with Crippen LogP contribution in [-0.2, 0) is 11.3 Å². The zero-order valence-electron chi connectivity index (χ0n) is 13.2. The Morgan fingerprint density at radius 1 is 1.32 bits per heavy atom. The van der Waals surface area contributed by atoms with E-state index >= 15 is 0 Å². The van der Waals surface area contributed by atoms with Crippen molar-refractivity contribution in [1.82, 2.24) is 25.2 Å². The van der Waals surface area contributed by atoms with Gasteiger partial charge in [-0.15, -0.1) is 0 Å². The maximum atomic E-state index is 5.47. The molecule has 3 heterocycles. The molecule has 120 valence electrons. The first kappa shape index (κ1) is 15.1. The predicted octanol–water partition coefficient (Wildman–Crippen LogP) is 2.20. The van der Waals surface area contributed by atoms with Crippen LogP contribution in [0.5, 0.6) is 0 Å². The molecule has 0 N–H and O–H groups in total. The molecule has 1 aliphatic heterocycles. The van der Waals surface area contributed by atoms with E-state index in [9.17, 15) is 0 Å². The number of hydrogen-bond donors (Lipinski definition) is 0. The van der Waals surface area contributed by atoms with Crippen LogP contribution < -0.4 is 0 Å². The van der Waals surface area contributed by atoms with Gasteiger partial charge in [0, 0.05) is 13.5 Å². The zero-order valence-corrected chi connectivity index (χ0v) is 13.2. The fraction of sp³-hybridized carbons (Fsp3) is 0.714. The number of ether oxygens (including phenoxy) is 1. The maximum Gasteiger partial charge on any atom is 0.240 e. The molecule has 0 aromatic carbocycles. The van der Waals surface area contributed by atoms with E-state index in [-0.39, 0.29) is 12.1 Å². The molecule has 2 aromatic heterocycles. The van der Waals surface area contributed by atoms with Crippen LogP contribution in [0.2, 0.25) is 0 Å². The largest absolute Gasteiger partial charge is 0.371 e. The monoisotopic (exact) mass is 307 g/mol. The summed E-state index contributed by atoms with van der Waals surface area (Å²) in [6, 6.07) is 0.150. The molecule has 2 aromatic rings. The molecule has 0 amide bonds. The van der Waals surface area contributed by atoms with Crippen molar-refractivity contribution >= 4 is 0 Å². The number of hydrogen-bond acceptors (Lipinski definition) is 8. The van der Waals surface area contributed by atoms with E-state index in [4.69, 9.17) is 13.8 Å². The van der Waals surface area contributed by atoms with Crippen LogP contribution in [0, 0.1) is 6.92 Å². The first-order chi connectivity index (χ1) is 10.7. The molecule has 0 bridgehead atoms. The lowest BCUT2D eigenvalue weighted by Crippen LogP contribution is -2.23. The molecule has 0 unspecified atom stereocenters. The van der Waals surface area contributed by atoms with Crippen LogP contribution in [0.4, 0.5) is 0 Å². The van der Waals surface area contributed by atoms with Gasteiger partial charge in [0.05, 0.1) is 12.6 Å². The van der Waals surface area contributed by atoms with Crippen molar-refractivity contribution < 1.29 is 13.8 Å². The molecule has 0 radical (unpaired) electrons. The quantitative estimate of drug-likeness (QED) is 0.802. The van der Waals surface area contributed by atoms with E-state index in [0.29, 0.717) is 30.8 Å². The Morgan fingerprint density at radius 2 is 2.18 bits per heavy atom. The second-order valence-corrected chi connectivity index (χ2v) is 5.44. The Kier molecular flexibility index (Phi) is 4.49. The summed E-state index contributed by atoms with van der Waals surface area (Å²) in [6.07, 6.45) is 1.95. The fourth-order valence-electron chi connectivity index (χ4n) is 2.75. The van der Waals surface area contributed by atoms with Gasteiger partial charge in [-0.05, 0) is 33.2 Å². The average Bonchev–Trinajstić information content (AvgIpc) is 3.20. The SMILES string of the molecule is CCO[C@@H](C)c1noc(CN2CCC[C@@H]2c2noc(C)n2)n1. The summed E-state index contributed by atoms with van der Waals surface area (Å²) in [5.41, 5.74) is 0. The first-order valence-corrected chi connectivity index (χ1v) is 7.65. The summed E-state index contributed by atoms with van der Waals surface area (Å²) in [5, 5.41) is 8.02. The average molecular weight is 307 g/mol. The van der Waals surface area contributed by atoms with Crippen molar-refractivity contribution in [2.75, 3.05) is 13.2 Å². The van der Waals surface area contributed by atoms with Gasteiger partial charge < -0.3 is 13.8 Å². The van der Waals surface area contributed by atoms with Gasteiger partial charge >= 0.3 is 0 Å². The molecule has 8 nitrogen and oxygen atoms in total. The molecule has 8 heteroatoms. The molecule has 0 spiro atoms. The number of aryl methyl sites for hydroxylation is 1. The molecule has 22 heavy (non-hydrogen) atoms. The van der Waals surface area contributed by atoms with E-state index in [0.717, 1.165) is 25.2 Å². The highest BCUT2D eigenvalue weighted by atomic mass is 16.5. The molecular formula is C14H21N5O3. The lowest BCUT2D eigenvalue weighted by Gasteiger charge is -2.19. The van der Waals surface area contributed by atoms with Gasteiger partial charge in [0.1, 0.15) is 6.10 Å². The van der Waals surface area contributed by atoms with Crippen LogP contribution in [0.25, 0.3) is 0 Å². The van der Waals surface area contributed by atoms with Gasteiger partial charge in [-0.1, -0.05) is 10.3 Å². The van der Waals surface area contributed by atoms with Crippen LogP contribution in [-0.4, -0.2) is 38.3 Å². The van der Waals surface area contributed by atoms with Gasteiger partial charge in [-0.3, -0.25) is 4.90 Å². The summed E-state index contributed by atoms with van der Waals surface area (Å²) in [7, 11) is 0. The number of likely N-dealkylation sites (tertiary alicyclic amines) is 1. The summed E-state index contributed by atoms with van der Waals surface area (Å²) < 4.78 is 15.9. The Hall–Kier alpha value is -1.80. The highest BCUT2D eigenvalue weighted by molar-refractivity contribution is 4.99. The molecule has 3 rings (SSSR count). The standard InChI is InChI=1S/C14H21N5O3/c1-4-20-9(2)13-16-12(22-17-13)8-19-7-5-6-11(19)14-15-10(3)21-18-14/h9,11H,4-8H2,1-3H3/t9-,11+/m0/s1. The van der Waals surface area contributed by atoms with E-state index < -0.39 is 0 Å². The number of rotatable bonds is 6. The lowest BCUT2D eigenvalue weighted by molar-refractivity contribution is 0.0683. The Morgan fingerprint density at radius 3 is 2.91 bits per heavy atom. The van der Waals surface area contributed by atoms with Crippen LogP contribution in [0.3, 0.4) is 0 Å². The molecule has 2 atom stereocenters. The first-order valence-electron chi connectivity index (χ1n) is 7.65. The number of nitrogens with zero attached hydrogens (tertiary/aromatic N) is 5. The van der Waals surface area contributed by atoms with E-state index in [1.807, 2.05) is 13.8 Å². The van der Waals surface area contributed by atoms with Gasteiger partial charge in [0.15, 0.2) is 11.6 Å². The molecule has 1 fully saturated rings. The van der Waals surface area contributed by atoms with Crippen molar-refractivity contribution in [3.8, 4) is 0 Å². The second kappa shape index (κ2) is 6.53. The third-order valence-corrected chi connectivity index (χ3v) is 3.81.